The fourth-order valence-electron chi connectivity index (χ4n) is 2.64. The number of methoxy groups -OCH3 is 1. The predicted molar refractivity (Wildman–Crippen MR) is 100 cm³/mol. The van der Waals surface area contributed by atoms with E-state index < -0.39 is 36.9 Å². The molecule has 0 saturated heterocycles. The Kier molecular flexibility index (Phi) is 9.50. The second-order valence-corrected chi connectivity index (χ2v) is 6.70. The molecule has 9 heteroatoms. The number of carbonyl (C=O) groups excluding carboxylic acids is 2. The number of aryl methyl sites for hydroxylation is 1. The van der Waals surface area contributed by atoms with Crippen LogP contribution in [0.2, 0.25) is 0 Å². The molecule has 0 heterocycles. The van der Waals surface area contributed by atoms with Gasteiger partial charge in [0.25, 0.3) is 0 Å². The second-order valence-electron chi connectivity index (χ2n) is 6.70. The van der Waals surface area contributed by atoms with Gasteiger partial charge in [0.15, 0.2) is 5.78 Å². The first kappa shape index (κ1) is 24.0. The molecule has 158 valence electrons. The van der Waals surface area contributed by atoms with Gasteiger partial charge in [-0.1, -0.05) is 11.6 Å². The molecule has 0 spiro atoms. The van der Waals surface area contributed by atoms with Crippen molar-refractivity contribution in [3.63, 3.8) is 0 Å². The van der Waals surface area contributed by atoms with Crippen LogP contribution >= 0.6 is 0 Å². The largest absolute Gasteiger partial charge is 0.496 e. The Balaban J connectivity index is 2.61. The standard InChI is InChI=1S/C19H29NO8/c1-11-4-6-16(28-3)12(8-11)13(22)5-7-17(25)20(2)9-14(23)18(26)19(27)15(24)10-21/h4,6,8,14-15,18-19,21,23-24,26-27H,5,7,9-10H2,1-3H3. The Morgan fingerprint density at radius 3 is 2.25 bits per heavy atom. The van der Waals surface area contributed by atoms with Crippen molar-refractivity contribution in [1.82, 2.24) is 4.90 Å². The molecule has 1 rings (SSSR count). The van der Waals surface area contributed by atoms with Gasteiger partial charge in [-0.2, -0.15) is 0 Å². The highest BCUT2D eigenvalue weighted by atomic mass is 16.5. The van der Waals surface area contributed by atoms with Gasteiger partial charge < -0.3 is 35.2 Å². The predicted octanol–water partition coefficient (Wildman–Crippen LogP) is -1.14. The summed E-state index contributed by atoms with van der Waals surface area (Å²) in [4.78, 5) is 25.7. The number of nitrogens with zero attached hydrogens (tertiary/aromatic N) is 1. The van der Waals surface area contributed by atoms with Gasteiger partial charge in [0, 0.05) is 26.4 Å². The third kappa shape index (κ3) is 6.54. The van der Waals surface area contributed by atoms with Crippen LogP contribution in [0.4, 0.5) is 0 Å². The van der Waals surface area contributed by atoms with Crippen molar-refractivity contribution in [2.45, 2.75) is 44.2 Å². The van der Waals surface area contributed by atoms with Crippen LogP contribution in [0.25, 0.3) is 0 Å². The lowest BCUT2D eigenvalue weighted by molar-refractivity contribution is -0.137. The maximum Gasteiger partial charge on any atom is 0.222 e. The molecule has 1 aromatic carbocycles. The van der Waals surface area contributed by atoms with Crippen molar-refractivity contribution >= 4 is 11.7 Å². The molecule has 28 heavy (non-hydrogen) atoms. The summed E-state index contributed by atoms with van der Waals surface area (Å²) in [5, 5.41) is 47.4. The molecular formula is C19H29NO8. The Morgan fingerprint density at radius 1 is 1.07 bits per heavy atom. The van der Waals surface area contributed by atoms with Gasteiger partial charge in [0.05, 0.1) is 19.3 Å². The number of amides is 1. The lowest BCUT2D eigenvalue weighted by Crippen LogP contribution is -2.50. The number of ketones is 1. The normalized spacial score (nSPS) is 15.4. The van der Waals surface area contributed by atoms with Crippen LogP contribution in [-0.4, -0.2) is 93.8 Å². The number of likely N-dealkylation sites (N-methyl/N-ethyl adjacent to an activating group) is 1. The third-order valence-electron chi connectivity index (χ3n) is 4.43. The topological polar surface area (TPSA) is 148 Å². The molecule has 4 unspecified atom stereocenters. The number of aliphatic hydroxyl groups is 5. The van der Waals surface area contributed by atoms with Crippen molar-refractivity contribution in [1.29, 1.82) is 0 Å². The van der Waals surface area contributed by atoms with E-state index in [4.69, 9.17) is 9.84 Å². The van der Waals surface area contributed by atoms with Crippen molar-refractivity contribution in [3.05, 3.63) is 29.3 Å². The molecule has 9 nitrogen and oxygen atoms in total. The summed E-state index contributed by atoms with van der Waals surface area (Å²) in [7, 11) is 2.83. The van der Waals surface area contributed by atoms with E-state index in [1.165, 1.54) is 14.2 Å². The number of rotatable bonds is 11. The number of hydrogen-bond donors (Lipinski definition) is 5. The van der Waals surface area contributed by atoms with Crippen LogP contribution in [0, 0.1) is 6.92 Å². The zero-order chi connectivity index (χ0) is 21.4. The van der Waals surface area contributed by atoms with Gasteiger partial charge in [0.2, 0.25) is 5.91 Å². The SMILES string of the molecule is COc1ccc(C)cc1C(=O)CCC(=O)N(C)CC(O)C(O)C(O)C(O)CO. The van der Waals surface area contributed by atoms with E-state index in [0.29, 0.717) is 11.3 Å². The molecule has 0 bridgehead atoms. The zero-order valence-corrected chi connectivity index (χ0v) is 16.3. The van der Waals surface area contributed by atoms with Gasteiger partial charge in [-0.05, 0) is 19.1 Å². The van der Waals surface area contributed by atoms with E-state index >= 15 is 0 Å². The van der Waals surface area contributed by atoms with Crippen LogP contribution in [0.5, 0.6) is 5.75 Å². The third-order valence-corrected chi connectivity index (χ3v) is 4.43. The summed E-state index contributed by atoms with van der Waals surface area (Å²) < 4.78 is 5.17. The van der Waals surface area contributed by atoms with Crippen LogP contribution in [-0.2, 0) is 4.79 Å². The zero-order valence-electron chi connectivity index (χ0n) is 16.3. The van der Waals surface area contributed by atoms with Crippen molar-refractivity contribution in [2.75, 3.05) is 27.3 Å². The van der Waals surface area contributed by atoms with Gasteiger partial charge in [-0.25, -0.2) is 0 Å². The number of carbonyl (C=O) groups is 2. The highest BCUT2D eigenvalue weighted by molar-refractivity contribution is 6.00. The Labute approximate surface area is 163 Å². The van der Waals surface area contributed by atoms with E-state index in [-0.39, 0.29) is 25.2 Å². The lowest BCUT2D eigenvalue weighted by Gasteiger charge is -2.28. The van der Waals surface area contributed by atoms with Crippen molar-refractivity contribution in [3.8, 4) is 5.75 Å². The first-order chi connectivity index (χ1) is 13.1. The average molecular weight is 399 g/mol. The van der Waals surface area contributed by atoms with E-state index in [2.05, 4.69) is 0 Å². The summed E-state index contributed by atoms with van der Waals surface area (Å²) in [6, 6.07) is 5.17. The van der Waals surface area contributed by atoms with E-state index in [1.807, 2.05) is 13.0 Å². The Morgan fingerprint density at radius 2 is 1.68 bits per heavy atom. The molecule has 1 amide bonds. The number of hydrogen-bond acceptors (Lipinski definition) is 8. The minimum Gasteiger partial charge on any atom is -0.496 e. The molecule has 4 atom stereocenters. The summed E-state index contributed by atoms with van der Waals surface area (Å²) in [6.07, 6.45) is -6.86. The highest BCUT2D eigenvalue weighted by Gasteiger charge is 2.31. The van der Waals surface area contributed by atoms with Crippen LogP contribution in [0.1, 0.15) is 28.8 Å². The summed E-state index contributed by atoms with van der Waals surface area (Å²) in [5.74, 6) is -0.279. The molecule has 0 aliphatic rings. The maximum absolute atomic E-state index is 12.4. The van der Waals surface area contributed by atoms with Crippen LogP contribution in [0.15, 0.2) is 18.2 Å². The summed E-state index contributed by atoms with van der Waals surface area (Å²) in [5.41, 5.74) is 1.27. The number of Topliss-reactive ketones (excluding diaryl/α,β-unsaturated/α-hetero) is 1. The fourth-order valence-corrected chi connectivity index (χ4v) is 2.64. The molecule has 0 aromatic heterocycles. The number of aliphatic hydroxyl groups excluding tert-OH is 5. The van der Waals surface area contributed by atoms with Gasteiger partial charge in [-0.15, -0.1) is 0 Å². The average Bonchev–Trinajstić information content (AvgIpc) is 2.69. The molecule has 1 aromatic rings. The monoisotopic (exact) mass is 399 g/mol. The first-order valence-electron chi connectivity index (χ1n) is 8.87. The first-order valence-corrected chi connectivity index (χ1v) is 8.87. The molecular weight excluding hydrogens is 370 g/mol. The Hall–Kier alpha value is -2.04. The molecule has 5 N–H and O–H groups in total. The second kappa shape index (κ2) is 11.1. The molecule has 0 fully saturated rings. The quantitative estimate of drug-likeness (QED) is 0.293. The highest BCUT2D eigenvalue weighted by Crippen LogP contribution is 2.22. The maximum atomic E-state index is 12.4. The minimum absolute atomic E-state index is 0.0620. The van der Waals surface area contributed by atoms with E-state index in [0.717, 1.165) is 10.5 Å². The van der Waals surface area contributed by atoms with Crippen LogP contribution in [0.3, 0.4) is 0 Å². The molecule has 0 aliphatic carbocycles. The van der Waals surface area contributed by atoms with Gasteiger partial charge >= 0.3 is 0 Å². The van der Waals surface area contributed by atoms with Gasteiger partial charge in [0.1, 0.15) is 30.2 Å². The van der Waals surface area contributed by atoms with Crippen molar-refractivity contribution in [2.24, 2.45) is 0 Å². The molecule has 0 aliphatic heterocycles. The molecule has 0 radical (unpaired) electrons. The summed E-state index contributed by atoms with van der Waals surface area (Å²) in [6.45, 7) is 0.728. The Bertz CT molecular complexity index is 665. The number of benzene rings is 1. The van der Waals surface area contributed by atoms with Crippen LogP contribution < -0.4 is 4.74 Å². The van der Waals surface area contributed by atoms with Gasteiger partial charge in [-0.3, -0.25) is 9.59 Å². The van der Waals surface area contributed by atoms with E-state index in [1.54, 1.807) is 12.1 Å². The minimum atomic E-state index is -1.76. The van der Waals surface area contributed by atoms with Crippen molar-refractivity contribution < 1.29 is 39.9 Å². The smallest absolute Gasteiger partial charge is 0.222 e. The summed E-state index contributed by atoms with van der Waals surface area (Å²) >= 11 is 0. The fraction of sp³-hybridized carbons (Fsp3) is 0.579. The lowest BCUT2D eigenvalue weighted by atomic mass is 10.0. The number of ether oxygens (including phenoxy) is 1. The molecule has 0 saturated carbocycles. The van der Waals surface area contributed by atoms with E-state index in [9.17, 15) is 30.0 Å².